The van der Waals surface area contributed by atoms with Crippen molar-refractivity contribution >= 4 is 17.1 Å². The normalized spacial score (nSPS) is 18.4. The molecule has 0 saturated carbocycles. The molecule has 27 heavy (non-hydrogen) atoms. The Balaban J connectivity index is 2.05. The minimum absolute atomic E-state index is 0.193. The number of hydrogen-bond donors (Lipinski definition) is 1. The quantitative estimate of drug-likeness (QED) is 0.618. The molecule has 2 aromatic rings. The molecule has 0 fully saturated rings. The first-order valence-electron chi connectivity index (χ1n) is 9.69. The van der Waals surface area contributed by atoms with Crippen LogP contribution < -0.4 is 0 Å². The number of benzene rings is 2. The Bertz CT molecular complexity index is 912. The second-order valence-electron chi connectivity index (χ2n) is 9.16. The zero-order valence-electron chi connectivity index (χ0n) is 17.3. The van der Waals surface area contributed by atoms with Crippen molar-refractivity contribution in [1.82, 2.24) is 0 Å². The molecular formula is C25H30O2. The highest BCUT2D eigenvalue weighted by Crippen LogP contribution is 2.46. The van der Waals surface area contributed by atoms with Gasteiger partial charge in [0.25, 0.3) is 0 Å². The Morgan fingerprint density at radius 1 is 0.741 bits per heavy atom. The number of carboxylic acids is 1. The first kappa shape index (κ1) is 19.4. The van der Waals surface area contributed by atoms with Gasteiger partial charge < -0.3 is 5.11 Å². The third kappa shape index (κ3) is 3.58. The van der Waals surface area contributed by atoms with Gasteiger partial charge in [0.2, 0.25) is 0 Å². The van der Waals surface area contributed by atoms with Crippen molar-refractivity contribution in [1.29, 1.82) is 0 Å². The fraction of sp³-hybridized carbons (Fsp3) is 0.400. The first-order chi connectivity index (χ1) is 12.5. The molecule has 2 heteroatoms. The Morgan fingerprint density at radius 2 is 1.19 bits per heavy atom. The summed E-state index contributed by atoms with van der Waals surface area (Å²) in [5, 5.41) is 9.09. The molecule has 0 unspecified atom stereocenters. The molecule has 142 valence electrons. The number of hydrogen-bond acceptors (Lipinski definition) is 1. The van der Waals surface area contributed by atoms with Gasteiger partial charge in [-0.2, -0.15) is 0 Å². The summed E-state index contributed by atoms with van der Waals surface area (Å²) in [6, 6.07) is 14.1. The highest BCUT2D eigenvalue weighted by Gasteiger charge is 2.36. The van der Waals surface area contributed by atoms with Crippen LogP contribution in [0.2, 0.25) is 0 Å². The SMILES string of the molecule is C/C(=C(/C)c1ccc2c(c1)C(C)(C)CCC2(C)C)c1ccc(C(=O)O)cc1. The molecule has 0 amide bonds. The van der Waals surface area contributed by atoms with Crippen molar-refractivity contribution in [2.75, 3.05) is 0 Å². The molecular weight excluding hydrogens is 332 g/mol. The van der Waals surface area contributed by atoms with Gasteiger partial charge in [0.05, 0.1) is 5.56 Å². The zero-order valence-corrected chi connectivity index (χ0v) is 17.3. The van der Waals surface area contributed by atoms with Crippen LogP contribution in [0.15, 0.2) is 42.5 Å². The maximum absolute atomic E-state index is 11.1. The monoisotopic (exact) mass is 362 g/mol. The third-order valence-electron chi connectivity index (χ3n) is 6.41. The minimum atomic E-state index is -0.889. The molecule has 2 nitrogen and oxygen atoms in total. The molecule has 1 aliphatic carbocycles. The molecule has 0 bridgehead atoms. The van der Waals surface area contributed by atoms with Crippen LogP contribution in [-0.4, -0.2) is 11.1 Å². The number of rotatable bonds is 3. The van der Waals surface area contributed by atoms with Gasteiger partial charge in [0.1, 0.15) is 0 Å². The maximum Gasteiger partial charge on any atom is 0.335 e. The van der Waals surface area contributed by atoms with Gasteiger partial charge in [-0.3, -0.25) is 0 Å². The molecule has 1 N–H and O–H groups in total. The van der Waals surface area contributed by atoms with E-state index in [-0.39, 0.29) is 10.8 Å². The van der Waals surface area contributed by atoms with Gasteiger partial charge in [-0.15, -0.1) is 0 Å². The number of fused-ring (bicyclic) bond motifs is 1. The van der Waals surface area contributed by atoms with Gasteiger partial charge >= 0.3 is 5.97 Å². The van der Waals surface area contributed by atoms with E-state index in [1.165, 1.54) is 40.7 Å². The van der Waals surface area contributed by atoms with Gasteiger partial charge in [0.15, 0.2) is 0 Å². The molecule has 0 saturated heterocycles. The Labute approximate surface area is 162 Å². The fourth-order valence-electron chi connectivity index (χ4n) is 4.12. The molecule has 1 aliphatic rings. The van der Waals surface area contributed by atoms with Crippen LogP contribution in [-0.2, 0) is 10.8 Å². The van der Waals surface area contributed by atoms with E-state index in [4.69, 9.17) is 5.11 Å². The molecule has 0 radical (unpaired) electrons. The number of carbonyl (C=O) groups is 1. The predicted molar refractivity (Wildman–Crippen MR) is 113 cm³/mol. The lowest BCUT2D eigenvalue weighted by Crippen LogP contribution is -2.33. The number of carboxylic acid groups (broad SMARTS) is 1. The van der Waals surface area contributed by atoms with Gasteiger partial charge in [-0.1, -0.05) is 58.0 Å². The summed E-state index contributed by atoms with van der Waals surface area (Å²) in [6.07, 6.45) is 2.42. The smallest absolute Gasteiger partial charge is 0.335 e. The molecule has 0 spiro atoms. The summed E-state index contributed by atoms with van der Waals surface area (Å²) in [7, 11) is 0. The van der Waals surface area contributed by atoms with E-state index in [9.17, 15) is 4.79 Å². The van der Waals surface area contributed by atoms with E-state index in [0.29, 0.717) is 5.56 Å². The third-order valence-corrected chi connectivity index (χ3v) is 6.41. The largest absolute Gasteiger partial charge is 0.478 e. The Kier molecular flexibility index (Phi) is 4.80. The lowest BCUT2D eigenvalue weighted by molar-refractivity contribution is 0.0697. The Hall–Kier alpha value is -2.35. The van der Waals surface area contributed by atoms with Crippen LogP contribution in [0.1, 0.15) is 87.0 Å². The average molecular weight is 363 g/mol. The topological polar surface area (TPSA) is 37.3 Å². The second kappa shape index (κ2) is 6.67. The highest BCUT2D eigenvalue weighted by atomic mass is 16.4. The van der Waals surface area contributed by atoms with Crippen molar-refractivity contribution in [3.05, 3.63) is 70.3 Å². The molecule has 2 aromatic carbocycles. The molecule has 0 aromatic heterocycles. The maximum atomic E-state index is 11.1. The van der Waals surface area contributed by atoms with Crippen LogP contribution in [0.5, 0.6) is 0 Å². The minimum Gasteiger partial charge on any atom is -0.478 e. The van der Waals surface area contributed by atoms with Crippen LogP contribution in [0.3, 0.4) is 0 Å². The number of allylic oxidation sites excluding steroid dienone is 2. The molecule has 3 rings (SSSR count). The van der Waals surface area contributed by atoms with Crippen LogP contribution in [0, 0.1) is 0 Å². The van der Waals surface area contributed by atoms with Crippen molar-refractivity contribution in [3.8, 4) is 0 Å². The van der Waals surface area contributed by atoms with Crippen LogP contribution in [0.25, 0.3) is 11.1 Å². The summed E-state index contributed by atoms with van der Waals surface area (Å²) in [4.78, 5) is 11.1. The first-order valence-corrected chi connectivity index (χ1v) is 9.69. The van der Waals surface area contributed by atoms with Crippen molar-refractivity contribution < 1.29 is 9.90 Å². The van der Waals surface area contributed by atoms with E-state index in [1.54, 1.807) is 12.1 Å². The van der Waals surface area contributed by atoms with Crippen molar-refractivity contribution in [2.45, 2.75) is 65.2 Å². The Morgan fingerprint density at radius 3 is 1.74 bits per heavy atom. The molecule has 0 heterocycles. The number of aromatic carboxylic acids is 1. The lowest BCUT2D eigenvalue weighted by atomic mass is 9.63. The van der Waals surface area contributed by atoms with Crippen LogP contribution >= 0.6 is 0 Å². The fourth-order valence-corrected chi connectivity index (χ4v) is 4.12. The summed E-state index contributed by atoms with van der Waals surface area (Å²) in [6.45, 7) is 13.7. The lowest BCUT2D eigenvalue weighted by Gasteiger charge is -2.42. The van der Waals surface area contributed by atoms with Crippen LogP contribution in [0.4, 0.5) is 0 Å². The molecule has 0 atom stereocenters. The highest BCUT2D eigenvalue weighted by molar-refractivity contribution is 5.91. The summed E-state index contributed by atoms with van der Waals surface area (Å²) >= 11 is 0. The zero-order chi connectivity index (χ0) is 20.0. The van der Waals surface area contributed by atoms with Gasteiger partial charge in [-0.05, 0) is 83.1 Å². The van der Waals surface area contributed by atoms with Gasteiger partial charge in [-0.25, -0.2) is 4.79 Å². The predicted octanol–water partition coefficient (Wildman–Crippen LogP) is 6.68. The summed E-state index contributed by atoms with van der Waals surface area (Å²) < 4.78 is 0. The summed E-state index contributed by atoms with van der Waals surface area (Å²) in [5.41, 5.74) is 8.40. The standard InChI is InChI=1S/C25H30O2/c1-16(18-7-9-19(10-8-18)23(26)27)17(2)20-11-12-21-22(15-20)25(5,6)14-13-24(21,3)4/h7-12,15H,13-14H2,1-6H3,(H,26,27)/b17-16+. The molecule has 0 aliphatic heterocycles. The van der Waals surface area contributed by atoms with E-state index in [1.807, 2.05) is 12.1 Å². The second-order valence-corrected chi connectivity index (χ2v) is 9.16. The van der Waals surface area contributed by atoms with E-state index < -0.39 is 5.97 Å². The van der Waals surface area contributed by atoms with E-state index in [2.05, 4.69) is 59.7 Å². The van der Waals surface area contributed by atoms with E-state index in [0.717, 1.165) is 5.56 Å². The van der Waals surface area contributed by atoms with E-state index >= 15 is 0 Å². The van der Waals surface area contributed by atoms with Crippen molar-refractivity contribution in [2.24, 2.45) is 0 Å². The van der Waals surface area contributed by atoms with Crippen molar-refractivity contribution in [3.63, 3.8) is 0 Å². The van der Waals surface area contributed by atoms with Gasteiger partial charge in [0, 0.05) is 0 Å². The average Bonchev–Trinajstić information content (AvgIpc) is 2.64. The summed E-state index contributed by atoms with van der Waals surface area (Å²) in [5.74, 6) is -0.889.